The van der Waals surface area contributed by atoms with Gasteiger partial charge in [-0.3, -0.25) is 13.5 Å². The van der Waals surface area contributed by atoms with Gasteiger partial charge < -0.3 is 14.2 Å². The predicted molar refractivity (Wildman–Crippen MR) is 115 cm³/mol. The zero-order valence-electron chi connectivity index (χ0n) is 17.5. The molecule has 32 heavy (non-hydrogen) atoms. The highest BCUT2D eigenvalue weighted by atomic mass is 32.2. The van der Waals surface area contributed by atoms with Crippen molar-refractivity contribution in [2.45, 2.75) is 43.9 Å². The van der Waals surface area contributed by atoms with Gasteiger partial charge in [0.05, 0.1) is 25.5 Å². The van der Waals surface area contributed by atoms with Crippen LogP contribution in [0.25, 0.3) is 0 Å². The summed E-state index contributed by atoms with van der Waals surface area (Å²) >= 11 is 0. The lowest BCUT2D eigenvalue weighted by molar-refractivity contribution is -0.0679. The monoisotopic (exact) mass is 464 g/mol. The fraction of sp³-hybridized carbons (Fsp3) is 0.524. The molecule has 2 heterocycles. The highest BCUT2D eigenvalue weighted by Crippen LogP contribution is 2.35. The van der Waals surface area contributed by atoms with Crippen molar-refractivity contribution in [2.24, 2.45) is 0 Å². The maximum atomic E-state index is 12.9. The number of nitrogens with zero attached hydrogens (tertiary/aromatic N) is 2. The predicted octanol–water partition coefficient (Wildman–Crippen LogP) is -0.666. The third kappa shape index (κ3) is 6.57. The third-order valence-electron chi connectivity index (χ3n) is 4.55. The van der Waals surface area contributed by atoms with E-state index in [1.54, 1.807) is 0 Å². The lowest BCUT2D eigenvalue weighted by Crippen LogP contribution is -2.44. The number of rotatable bonds is 11. The molecule has 1 fully saturated rings. The lowest BCUT2D eigenvalue weighted by Gasteiger charge is -2.24. The molecule has 0 bridgehead atoms. The first kappa shape index (κ1) is 25.4. The Balaban J connectivity index is 2.36. The van der Waals surface area contributed by atoms with E-state index in [1.165, 1.54) is 16.8 Å². The molecule has 0 N–H and O–H groups in total. The molecule has 0 spiro atoms. The first-order valence-electron chi connectivity index (χ1n) is 9.59. The molecule has 0 aliphatic carbocycles. The van der Waals surface area contributed by atoms with E-state index in [2.05, 4.69) is 17.8 Å². The van der Waals surface area contributed by atoms with Crippen molar-refractivity contribution in [3.63, 3.8) is 0 Å². The number of hydrogen-bond donors (Lipinski definition) is 0. The zero-order chi connectivity index (χ0) is 23.7. The van der Waals surface area contributed by atoms with Crippen LogP contribution in [-0.2, 0) is 35.1 Å². The molecule has 1 aromatic heterocycles. The largest absolute Gasteiger partial charge is 0.360 e. The molecule has 1 aliphatic heterocycles. The van der Waals surface area contributed by atoms with Crippen LogP contribution >= 0.6 is 0 Å². The summed E-state index contributed by atoms with van der Waals surface area (Å²) in [5.74, 6) is 6.98. The summed E-state index contributed by atoms with van der Waals surface area (Å²) in [7, 11) is -3.58. The minimum absolute atomic E-state index is 0.0571. The molecule has 0 unspecified atom stereocenters. The molecule has 1 aliphatic rings. The maximum absolute atomic E-state index is 12.9. The van der Waals surface area contributed by atoms with Crippen LogP contribution in [0, 0.1) is 37.0 Å². The topological polar surface area (TPSA) is 115 Å². The van der Waals surface area contributed by atoms with Gasteiger partial charge in [-0.05, 0) is 12.8 Å². The van der Waals surface area contributed by atoms with Crippen molar-refractivity contribution in [1.82, 2.24) is 9.13 Å². The van der Waals surface area contributed by atoms with E-state index in [1.807, 2.05) is 0 Å². The van der Waals surface area contributed by atoms with Crippen molar-refractivity contribution >= 4 is 10.1 Å². The van der Waals surface area contributed by atoms with Crippen LogP contribution in [0.15, 0.2) is 21.9 Å². The summed E-state index contributed by atoms with van der Waals surface area (Å²) in [6, 6.07) is 1.19. The Kier molecular flexibility index (Phi) is 9.27. The van der Waals surface area contributed by atoms with Gasteiger partial charge in [-0.1, -0.05) is 17.8 Å². The van der Waals surface area contributed by atoms with Gasteiger partial charge in [0, 0.05) is 12.3 Å². The Morgan fingerprint density at radius 1 is 1.09 bits per heavy atom. The second-order valence-electron chi connectivity index (χ2n) is 6.83. The van der Waals surface area contributed by atoms with E-state index in [0.717, 1.165) is 10.8 Å². The highest BCUT2D eigenvalue weighted by molar-refractivity contribution is 7.85. The summed E-state index contributed by atoms with van der Waals surface area (Å²) in [6.45, 7) is -0.430. The van der Waals surface area contributed by atoms with Gasteiger partial charge in [0.1, 0.15) is 25.4 Å². The Bertz CT molecular complexity index is 1130. The minimum atomic E-state index is -3.58. The minimum Gasteiger partial charge on any atom is -0.360 e. The molecule has 4 atom stereocenters. The molecule has 11 heteroatoms. The summed E-state index contributed by atoms with van der Waals surface area (Å²) in [5, 5.41) is 0. The zero-order valence-corrected chi connectivity index (χ0v) is 18.3. The van der Waals surface area contributed by atoms with E-state index in [-0.39, 0.29) is 26.4 Å². The van der Waals surface area contributed by atoms with Crippen molar-refractivity contribution < 1.29 is 26.8 Å². The molecular formula is C21H24N2O8S. The van der Waals surface area contributed by atoms with Gasteiger partial charge in [-0.15, -0.1) is 19.3 Å². The third-order valence-corrected chi connectivity index (χ3v) is 5.15. The van der Waals surface area contributed by atoms with Crippen molar-refractivity contribution in [1.29, 1.82) is 0 Å². The Morgan fingerprint density at radius 2 is 1.75 bits per heavy atom. The number of aromatic nitrogens is 2. The molecular weight excluding hydrogens is 440 g/mol. The second-order valence-corrected chi connectivity index (χ2v) is 8.47. The van der Waals surface area contributed by atoms with E-state index in [9.17, 15) is 18.0 Å². The first-order chi connectivity index (χ1) is 15.2. The molecule has 2 rings (SSSR count). The van der Waals surface area contributed by atoms with Crippen LogP contribution in [0.2, 0.25) is 0 Å². The average molecular weight is 464 g/mol. The number of hydrogen-bond acceptors (Lipinski definition) is 8. The first-order valence-corrected chi connectivity index (χ1v) is 11.4. The van der Waals surface area contributed by atoms with Crippen molar-refractivity contribution in [2.75, 3.05) is 26.1 Å². The Labute approximate surface area is 186 Å². The van der Waals surface area contributed by atoms with Crippen LogP contribution in [0.3, 0.4) is 0 Å². The van der Waals surface area contributed by atoms with Gasteiger partial charge in [-0.2, -0.15) is 8.42 Å². The lowest BCUT2D eigenvalue weighted by atomic mass is 10.1. The number of ether oxygens (including phenoxy) is 3. The molecule has 1 aromatic rings. The standard InChI is InChI=1S/C21H24N2O8S/c1-5-11-22-17(24)10-12-23(21(22)25)20-19(29-14-7-3)18(28-13-6-2)16(31-20)9-8-15-30-32(4,26)27/h1-3,10,12,16,18-20H,8-9,11,13-15H2,4H3/t16-,18-,19-,20-/m1/s1. The SMILES string of the molecule is C#CCO[C@@H]1[C@H](OCC#C)[C@@H](CCCOS(C)(=O)=O)O[C@H]1n1ccc(=O)n(CC#C)c1=O. The van der Waals surface area contributed by atoms with Crippen LogP contribution < -0.4 is 11.2 Å². The van der Waals surface area contributed by atoms with Gasteiger partial charge >= 0.3 is 5.69 Å². The van der Waals surface area contributed by atoms with Gasteiger partial charge in [0.2, 0.25) is 0 Å². The Hall–Kier alpha value is -2.85. The van der Waals surface area contributed by atoms with Gasteiger partial charge in [0.15, 0.2) is 6.23 Å². The summed E-state index contributed by atoms with van der Waals surface area (Å²) in [6.07, 6.45) is 15.6. The van der Waals surface area contributed by atoms with E-state index in [4.69, 9.17) is 37.7 Å². The fourth-order valence-corrected chi connectivity index (χ4v) is 3.71. The van der Waals surface area contributed by atoms with Crippen LogP contribution in [0.5, 0.6) is 0 Å². The van der Waals surface area contributed by atoms with E-state index in [0.29, 0.717) is 12.8 Å². The molecule has 0 amide bonds. The molecule has 0 saturated carbocycles. The second kappa shape index (κ2) is 11.7. The van der Waals surface area contributed by atoms with Crippen molar-refractivity contribution in [3.05, 3.63) is 33.1 Å². The van der Waals surface area contributed by atoms with Gasteiger partial charge in [0.25, 0.3) is 15.7 Å². The molecule has 0 aromatic carbocycles. The quantitative estimate of drug-likeness (QED) is 0.241. The van der Waals surface area contributed by atoms with E-state index < -0.39 is 45.9 Å². The molecule has 10 nitrogen and oxygen atoms in total. The molecule has 0 radical (unpaired) electrons. The summed E-state index contributed by atoms with van der Waals surface area (Å²) < 4.78 is 46.7. The average Bonchev–Trinajstić information content (AvgIpc) is 3.07. The fourth-order valence-electron chi connectivity index (χ4n) is 3.29. The van der Waals surface area contributed by atoms with Crippen LogP contribution in [0.1, 0.15) is 19.1 Å². The van der Waals surface area contributed by atoms with Crippen LogP contribution in [-0.4, -0.2) is 61.9 Å². The van der Waals surface area contributed by atoms with Crippen LogP contribution in [0.4, 0.5) is 0 Å². The molecule has 172 valence electrons. The normalized spacial score (nSPS) is 22.7. The molecule has 1 saturated heterocycles. The summed E-state index contributed by atoms with van der Waals surface area (Å²) in [4.78, 5) is 24.9. The van der Waals surface area contributed by atoms with Gasteiger partial charge in [-0.25, -0.2) is 9.36 Å². The smallest absolute Gasteiger partial charge is 0.334 e. The Morgan fingerprint density at radius 3 is 2.34 bits per heavy atom. The highest BCUT2D eigenvalue weighted by Gasteiger charge is 2.47. The van der Waals surface area contributed by atoms with E-state index >= 15 is 0 Å². The summed E-state index contributed by atoms with van der Waals surface area (Å²) in [5.41, 5.74) is -1.25. The number of terminal acetylenes is 3. The maximum Gasteiger partial charge on any atom is 0.334 e. The van der Waals surface area contributed by atoms with Crippen molar-refractivity contribution in [3.8, 4) is 37.0 Å².